The van der Waals surface area contributed by atoms with Crippen molar-refractivity contribution in [2.24, 2.45) is 5.92 Å². The molecular weight excluding hydrogens is 243 g/mol. The molecule has 0 spiro atoms. The quantitative estimate of drug-likeness (QED) is 0.837. The highest BCUT2D eigenvalue weighted by Crippen LogP contribution is 2.30. The van der Waals surface area contributed by atoms with Crippen molar-refractivity contribution < 1.29 is 17.9 Å². The van der Waals surface area contributed by atoms with Crippen LogP contribution >= 0.6 is 0 Å². The zero-order chi connectivity index (χ0) is 13.2. The van der Waals surface area contributed by atoms with Gasteiger partial charge in [-0.25, -0.2) is 0 Å². The zero-order valence-corrected chi connectivity index (χ0v) is 10.1. The second-order valence-corrected chi connectivity index (χ2v) is 4.71. The molecule has 1 saturated heterocycles. The Bertz CT molecular complexity index is 388. The number of halogens is 3. The summed E-state index contributed by atoms with van der Waals surface area (Å²) in [6, 6.07) is 5.19. The zero-order valence-electron chi connectivity index (χ0n) is 10.1. The molecule has 2 atom stereocenters. The molecular formula is C13H16F3NO. The lowest BCUT2D eigenvalue weighted by atomic mass is 10.1. The minimum atomic E-state index is -4.28. The second-order valence-electron chi connectivity index (χ2n) is 4.71. The molecule has 2 unspecified atom stereocenters. The van der Waals surface area contributed by atoms with E-state index in [4.69, 9.17) is 4.74 Å². The van der Waals surface area contributed by atoms with Gasteiger partial charge in [-0.1, -0.05) is 19.1 Å². The van der Waals surface area contributed by atoms with Crippen LogP contribution in [0.1, 0.15) is 24.2 Å². The largest absolute Gasteiger partial charge is 0.416 e. The summed E-state index contributed by atoms with van der Waals surface area (Å²) in [5.41, 5.74) is 0.158. The SMILES string of the molecule is CC1CNCC(c2ccc(C(F)(F)F)cc2)OC1. The van der Waals surface area contributed by atoms with Crippen LogP contribution in [0.4, 0.5) is 13.2 Å². The molecule has 1 aromatic carbocycles. The van der Waals surface area contributed by atoms with Crippen LogP contribution in [0.5, 0.6) is 0 Å². The predicted octanol–water partition coefficient (Wildman–Crippen LogP) is 3.00. The van der Waals surface area contributed by atoms with Crippen LogP contribution in [-0.4, -0.2) is 19.7 Å². The molecule has 0 bridgehead atoms. The fourth-order valence-electron chi connectivity index (χ4n) is 1.96. The van der Waals surface area contributed by atoms with Gasteiger partial charge in [0.1, 0.15) is 0 Å². The molecule has 1 fully saturated rings. The van der Waals surface area contributed by atoms with Crippen LogP contribution in [0.25, 0.3) is 0 Å². The van der Waals surface area contributed by atoms with E-state index in [1.807, 2.05) is 0 Å². The van der Waals surface area contributed by atoms with E-state index in [0.29, 0.717) is 19.1 Å². The molecule has 1 aliphatic rings. The third-order valence-corrected chi connectivity index (χ3v) is 3.01. The van der Waals surface area contributed by atoms with Gasteiger partial charge in [0.2, 0.25) is 0 Å². The summed E-state index contributed by atoms with van der Waals surface area (Å²) in [5.74, 6) is 0.421. The summed E-state index contributed by atoms with van der Waals surface area (Å²) in [5, 5.41) is 3.24. The molecule has 1 aliphatic heterocycles. The maximum absolute atomic E-state index is 12.4. The number of hydrogen-bond acceptors (Lipinski definition) is 2. The van der Waals surface area contributed by atoms with Crippen molar-refractivity contribution in [1.82, 2.24) is 5.32 Å². The Morgan fingerprint density at radius 3 is 2.44 bits per heavy atom. The molecule has 0 saturated carbocycles. The summed E-state index contributed by atoms with van der Waals surface area (Å²) in [4.78, 5) is 0. The van der Waals surface area contributed by atoms with Gasteiger partial charge in [-0.15, -0.1) is 0 Å². The number of rotatable bonds is 1. The predicted molar refractivity (Wildman–Crippen MR) is 62.2 cm³/mol. The maximum Gasteiger partial charge on any atom is 0.416 e. The van der Waals surface area contributed by atoms with Gasteiger partial charge in [0, 0.05) is 13.1 Å². The summed E-state index contributed by atoms with van der Waals surface area (Å²) in [6.45, 7) is 4.20. The smallest absolute Gasteiger partial charge is 0.372 e. The number of nitrogens with one attached hydrogen (secondary N) is 1. The highest BCUT2D eigenvalue weighted by Gasteiger charge is 2.30. The third kappa shape index (κ3) is 3.23. The number of hydrogen-bond donors (Lipinski definition) is 1. The Labute approximate surface area is 104 Å². The van der Waals surface area contributed by atoms with Crippen molar-refractivity contribution in [3.05, 3.63) is 35.4 Å². The molecule has 0 amide bonds. The monoisotopic (exact) mass is 259 g/mol. The van der Waals surface area contributed by atoms with Gasteiger partial charge in [0.15, 0.2) is 0 Å². The average Bonchev–Trinajstić information content (AvgIpc) is 2.53. The molecule has 0 aromatic heterocycles. The lowest BCUT2D eigenvalue weighted by Gasteiger charge is -2.16. The molecule has 1 heterocycles. The fourth-order valence-corrected chi connectivity index (χ4v) is 1.96. The van der Waals surface area contributed by atoms with Crippen LogP contribution in [0, 0.1) is 5.92 Å². The van der Waals surface area contributed by atoms with Crippen LogP contribution in [-0.2, 0) is 10.9 Å². The minimum Gasteiger partial charge on any atom is -0.372 e. The molecule has 100 valence electrons. The van der Waals surface area contributed by atoms with Crippen LogP contribution in [0.15, 0.2) is 24.3 Å². The van der Waals surface area contributed by atoms with E-state index in [0.717, 1.165) is 24.2 Å². The molecule has 18 heavy (non-hydrogen) atoms. The van der Waals surface area contributed by atoms with Gasteiger partial charge in [0.25, 0.3) is 0 Å². The summed E-state index contributed by atoms with van der Waals surface area (Å²) in [6.07, 6.45) is -4.45. The molecule has 0 aliphatic carbocycles. The molecule has 5 heteroatoms. The van der Waals surface area contributed by atoms with Crippen LogP contribution < -0.4 is 5.32 Å². The summed E-state index contributed by atoms with van der Waals surface area (Å²) < 4.78 is 43.0. The Morgan fingerprint density at radius 1 is 1.17 bits per heavy atom. The van der Waals surface area contributed by atoms with Gasteiger partial charge in [-0.05, 0) is 23.6 Å². The fraction of sp³-hybridized carbons (Fsp3) is 0.538. The standard InChI is InChI=1S/C13H16F3NO/c1-9-6-17-7-12(18-8-9)10-2-4-11(5-3-10)13(14,15)16/h2-5,9,12,17H,6-8H2,1H3. The summed E-state index contributed by atoms with van der Waals surface area (Å²) in [7, 11) is 0. The lowest BCUT2D eigenvalue weighted by Crippen LogP contribution is -2.22. The molecule has 2 nitrogen and oxygen atoms in total. The van der Waals surface area contributed by atoms with Crippen molar-refractivity contribution in [3.8, 4) is 0 Å². The summed E-state index contributed by atoms with van der Waals surface area (Å²) >= 11 is 0. The average molecular weight is 259 g/mol. The van der Waals surface area contributed by atoms with Gasteiger partial charge < -0.3 is 10.1 Å². The Morgan fingerprint density at radius 2 is 1.83 bits per heavy atom. The number of ether oxygens (including phenoxy) is 1. The van der Waals surface area contributed by atoms with E-state index < -0.39 is 11.7 Å². The highest BCUT2D eigenvalue weighted by molar-refractivity contribution is 5.26. The molecule has 2 rings (SSSR count). The van der Waals surface area contributed by atoms with Crippen molar-refractivity contribution in [1.29, 1.82) is 0 Å². The van der Waals surface area contributed by atoms with Crippen molar-refractivity contribution >= 4 is 0 Å². The van der Waals surface area contributed by atoms with E-state index >= 15 is 0 Å². The van der Waals surface area contributed by atoms with Crippen molar-refractivity contribution in [3.63, 3.8) is 0 Å². The molecule has 1 N–H and O–H groups in total. The van der Waals surface area contributed by atoms with Gasteiger partial charge in [0.05, 0.1) is 18.3 Å². The first kappa shape index (κ1) is 13.4. The number of alkyl halides is 3. The lowest BCUT2D eigenvalue weighted by molar-refractivity contribution is -0.137. The van der Waals surface area contributed by atoms with Crippen molar-refractivity contribution in [2.75, 3.05) is 19.7 Å². The van der Waals surface area contributed by atoms with Gasteiger partial charge >= 0.3 is 6.18 Å². The van der Waals surface area contributed by atoms with E-state index in [1.165, 1.54) is 12.1 Å². The first-order valence-corrected chi connectivity index (χ1v) is 5.96. The maximum atomic E-state index is 12.4. The van der Waals surface area contributed by atoms with Crippen LogP contribution in [0.3, 0.4) is 0 Å². The second kappa shape index (κ2) is 5.28. The first-order chi connectivity index (χ1) is 8.47. The van der Waals surface area contributed by atoms with E-state index in [2.05, 4.69) is 12.2 Å². The third-order valence-electron chi connectivity index (χ3n) is 3.01. The topological polar surface area (TPSA) is 21.3 Å². The van der Waals surface area contributed by atoms with Gasteiger partial charge in [-0.2, -0.15) is 13.2 Å². The first-order valence-electron chi connectivity index (χ1n) is 5.96. The van der Waals surface area contributed by atoms with Gasteiger partial charge in [-0.3, -0.25) is 0 Å². The van der Waals surface area contributed by atoms with Crippen LogP contribution in [0.2, 0.25) is 0 Å². The Balaban J connectivity index is 2.09. The normalized spacial score (nSPS) is 25.8. The Hall–Kier alpha value is -1.07. The van der Waals surface area contributed by atoms with E-state index in [-0.39, 0.29) is 6.10 Å². The minimum absolute atomic E-state index is 0.169. The Kier molecular flexibility index (Phi) is 3.92. The van der Waals surface area contributed by atoms with E-state index in [1.54, 1.807) is 0 Å². The molecule has 0 radical (unpaired) electrons. The van der Waals surface area contributed by atoms with E-state index in [9.17, 15) is 13.2 Å². The highest BCUT2D eigenvalue weighted by atomic mass is 19.4. The number of benzene rings is 1. The van der Waals surface area contributed by atoms with Crippen molar-refractivity contribution in [2.45, 2.75) is 19.2 Å². The molecule has 1 aromatic rings.